The second kappa shape index (κ2) is 10.5. The van der Waals surface area contributed by atoms with Gasteiger partial charge in [-0.3, -0.25) is 19.1 Å². The number of nitrogens with zero attached hydrogens (tertiary/aromatic N) is 4. The molecule has 1 aliphatic rings. The van der Waals surface area contributed by atoms with E-state index in [1.54, 1.807) is 23.1 Å². The lowest BCUT2D eigenvalue weighted by Gasteiger charge is -2.40. The molecule has 2 aromatic heterocycles. The van der Waals surface area contributed by atoms with Crippen LogP contribution in [0.4, 0.5) is 14.6 Å². The van der Waals surface area contributed by atoms with Gasteiger partial charge in [-0.05, 0) is 42.3 Å². The van der Waals surface area contributed by atoms with Crippen LogP contribution in [0, 0.1) is 11.6 Å². The summed E-state index contributed by atoms with van der Waals surface area (Å²) in [7, 11) is 1.46. The van der Waals surface area contributed by atoms with Crippen molar-refractivity contribution < 1.29 is 23.2 Å². The van der Waals surface area contributed by atoms with E-state index in [1.807, 2.05) is 13.1 Å². The average molecular weight is 572 g/mol. The molecule has 12 heteroatoms. The largest absolute Gasteiger partial charge is 0.383 e. The van der Waals surface area contributed by atoms with Crippen molar-refractivity contribution in [1.82, 2.24) is 19.7 Å². The monoisotopic (exact) mass is 571 g/mol. The van der Waals surface area contributed by atoms with E-state index in [0.717, 1.165) is 23.8 Å². The maximum Gasteiger partial charge on any atom is 0.265 e. The van der Waals surface area contributed by atoms with Crippen molar-refractivity contribution in [2.45, 2.75) is 18.9 Å². The van der Waals surface area contributed by atoms with Crippen LogP contribution in [-0.2, 0) is 26.3 Å². The molecular weight excluding hydrogens is 544 g/mol. The van der Waals surface area contributed by atoms with Gasteiger partial charge in [-0.25, -0.2) is 13.8 Å². The van der Waals surface area contributed by atoms with Gasteiger partial charge in [0, 0.05) is 54.8 Å². The molecule has 0 saturated heterocycles. The molecule has 0 bridgehead atoms. The molecule has 10 nitrogen and oxygen atoms in total. The summed E-state index contributed by atoms with van der Waals surface area (Å²) in [5, 5.41) is 4.26. The van der Waals surface area contributed by atoms with Gasteiger partial charge in [0.2, 0.25) is 5.91 Å². The van der Waals surface area contributed by atoms with Crippen LogP contribution in [0.1, 0.15) is 18.1 Å². The van der Waals surface area contributed by atoms with E-state index in [9.17, 15) is 18.8 Å². The fourth-order valence-electron chi connectivity index (χ4n) is 5.30. The number of carbonyl (C=O) groups excluding carboxylic acids is 3. The van der Waals surface area contributed by atoms with Gasteiger partial charge in [0.25, 0.3) is 5.91 Å². The Hall–Kier alpha value is -5.39. The van der Waals surface area contributed by atoms with Crippen molar-refractivity contribution >= 4 is 29.0 Å². The highest BCUT2D eigenvalue weighted by atomic mass is 19.1. The third kappa shape index (κ3) is 4.56. The Labute approximate surface area is 239 Å². The van der Waals surface area contributed by atoms with Crippen molar-refractivity contribution in [2.24, 2.45) is 11.5 Å². The normalized spacial score (nSPS) is 17.0. The number of Topliss-reactive ketones (excluding diaryl/α,β-unsaturated/α-hetero) is 1. The highest BCUT2D eigenvalue weighted by Gasteiger charge is 2.53. The van der Waals surface area contributed by atoms with Gasteiger partial charge in [-0.15, -0.1) is 0 Å². The lowest BCUT2D eigenvalue weighted by atomic mass is 9.69. The van der Waals surface area contributed by atoms with E-state index < -0.39 is 34.6 Å². The van der Waals surface area contributed by atoms with Gasteiger partial charge < -0.3 is 22.1 Å². The number of nitrogens with two attached hydrogens (primary N) is 3. The van der Waals surface area contributed by atoms with Crippen molar-refractivity contribution in [1.29, 1.82) is 0 Å². The highest BCUT2D eigenvalue weighted by Crippen LogP contribution is 2.41. The van der Waals surface area contributed by atoms with Crippen LogP contribution >= 0.6 is 0 Å². The number of aromatic nitrogens is 3. The number of allylic oxidation sites excluding steroid dienone is 1. The molecule has 5 rings (SSSR count). The zero-order chi connectivity index (χ0) is 30.3. The Morgan fingerprint density at radius 1 is 0.976 bits per heavy atom. The van der Waals surface area contributed by atoms with E-state index in [4.69, 9.17) is 17.2 Å². The number of halogens is 2. The van der Waals surface area contributed by atoms with Crippen molar-refractivity contribution in [3.05, 3.63) is 95.6 Å². The summed E-state index contributed by atoms with van der Waals surface area (Å²) in [6, 6.07) is 10.3. The summed E-state index contributed by atoms with van der Waals surface area (Å²) < 4.78 is 31.3. The maximum absolute atomic E-state index is 15.9. The molecular formula is C30H27F2N7O3. The number of ketones is 1. The number of benzene rings is 2. The Morgan fingerprint density at radius 3 is 2.29 bits per heavy atom. The maximum atomic E-state index is 15.9. The van der Waals surface area contributed by atoms with Crippen LogP contribution < -0.4 is 17.2 Å². The van der Waals surface area contributed by atoms with Gasteiger partial charge in [-0.2, -0.15) is 5.10 Å². The number of amides is 2. The molecule has 1 atom stereocenters. The van der Waals surface area contributed by atoms with Gasteiger partial charge in [-0.1, -0.05) is 24.3 Å². The summed E-state index contributed by atoms with van der Waals surface area (Å²) in [6.45, 7) is 2.23. The second-order valence-corrected chi connectivity index (χ2v) is 9.99. The fraction of sp³-hybridized carbons (Fsp3) is 0.167. The highest BCUT2D eigenvalue weighted by molar-refractivity contribution is 6.36. The second-order valence-electron chi connectivity index (χ2n) is 9.99. The number of pyridine rings is 1. The van der Waals surface area contributed by atoms with E-state index in [0.29, 0.717) is 17.7 Å². The number of rotatable bonds is 7. The van der Waals surface area contributed by atoms with Crippen molar-refractivity contribution in [2.75, 3.05) is 19.3 Å². The number of nitrogen functional groups attached to an aromatic ring is 1. The molecule has 214 valence electrons. The van der Waals surface area contributed by atoms with E-state index in [2.05, 4.69) is 10.1 Å². The van der Waals surface area contributed by atoms with Gasteiger partial charge in [0.1, 0.15) is 23.1 Å². The summed E-state index contributed by atoms with van der Waals surface area (Å²) in [4.78, 5) is 45.2. The number of aryl methyl sites for hydroxylation is 1. The third-order valence-corrected chi connectivity index (χ3v) is 7.46. The molecule has 42 heavy (non-hydrogen) atoms. The van der Waals surface area contributed by atoms with Crippen LogP contribution in [0.5, 0.6) is 0 Å². The Kier molecular flexibility index (Phi) is 7.07. The van der Waals surface area contributed by atoms with Gasteiger partial charge in [0.05, 0.1) is 11.8 Å². The molecule has 3 heterocycles. The molecule has 6 N–H and O–H groups in total. The molecule has 1 unspecified atom stereocenters. The number of carbonyl (C=O) groups is 3. The summed E-state index contributed by atoms with van der Waals surface area (Å²) >= 11 is 0. The molecule has 0 aliphatic carbocycles. The Balaban J connectivity index is 1.63. The van der Waals surface area contributed by atoms with Crippen molar-refractivity contribution in [3.63, 3.8) is 0 Å². The smallest absolute Gasteiger partial charge is 0.265 e. The summed E-state index contributed by atoms with van der Waals surface area (Å²) in [6.07, 6.45) is 5.04. The minimum Gasteiger partial charge on any atom is -0.383 e. The zero-order valence-corrected chi connectivity index (χ0v) is 22.8. The lowest BCUT2D eigenvalue weighted by molar-refractivity contribution is -0.134. The number of anilines is 1. The van der Waals surface area contributed by atoms with Crippen LogP contribution in [0.15, 0.2) is 72.8 Å². The molecule has 0 fully saturated rings. The van der Waals surface area contributed by atoms with E-state index in [1.165, 1.54) is 36.2 Å². The molecule has 0 saturated carbocycles. The third-order valence-electron chi connectivity index (χ3n) is 7.46. The van der Waals surface area contributed by atoms with E-state index in [-0.39, 0.29) is 40.3 Å². The molecule has 2 aromatic carbocycles. The Morgan fingerprint density at radius 2 is 1.69 bits per heavy atom. The first-order valence-electron chi connectivity index (χ1n) is 12.9. The van der Waals surface area contributed by atoms with Crippen LogP contribution in [0.2, 0.25) is 0 Å². The minimum atomic E-state index is -2.10. The number of primary amides is 2. The first kappa shape index (κ1) is 28.1. The molecule has 4 aromatic rings. The predicted octanol–water partition coefficient (Wildman–Crippen LogP) is 2.63. The number of hydrogen-bond donors (Lipinski definition) is 3. The fourth-order valence-corrected chi connectivity index (χ4v) is 5.30. The predicted molar refractivity (Wildman–Crippen MR) is 152 cm³/mol. The summed E-state index contributed by atoms with van der Waals surface area (Å²) in [5.74, 6) is -4.16. The standard InChI is InChI=1S/C30H27F2N7O3/c1-3-39-14-18(13-37-39)17-10-22(27(33)36-12-17)21-9-6-19(11-23(21)32)30(29(35)42)15-38(2)25(28(34)41)24(26(30)40)16-4-7-20(31)8-5-16/h4-14H,3,15H2,1-2H3,(H2,33,36)(H2,34,41)(H2,35,42). The molecule has 2 amide bonds. The van der Waals surface area contributed by atoms with Gasteiger partial charge >= 0.3 is 0 Å². The minimum absolute atomic E-state index is 0.0388. The first-order chi connectivity index (χ1) is 20.0. The van der Waals surface area contributed by atoms with Gasteiger partial charge in [0.15, 0.2) is 11.2 Å². The molecule has 0 spiro atoms. The molecule has 0 radical (unpaired) electrons. The SMILES string of the molecule is CCn1cc(-c2cnc(N)c(-c3ccc(C4(C(N)=O)CN(C)C(C(N)=O)=C(c5ccc(F)cc5)C4=O)cc3F)c2)cn1. The van der Waals surface area contributed by atoms with Crippen LogP contribution in [0.25, 0.3) is 27.8 Å². The summed E-state index contributed by atoms with van der Waals surface area (Å²) in [5.41, 5.74) is 17.0. The topological polar surface area (TPSA) is 163 Å². The van der Waals surface area contributed by atoms with E-state index >= 15 is 4.39 Å². The van der Waals surface area contributed by atoms with Crippen LogP contribution in [0.3, 0.4) is 0 Å². The lowest BCUT2D eigenvalue weighted by Crippen LogP contribution is -2.58. The number of hydrogen-bond acceptors (Lipinski definition) is 7. The van der Waals surface area contributed by atoms with Crippen LogP contribution in [-0.4, -0.2) is 50.9 Å². The zero-order valence-electron chi connectivity index (χ0n) is 22.8. The first-order valence-corrected chi connectivity index (χ1v) is 12.9. The average Bonchev–Trinajstić information content (AvgIpc) is 3.44. The quantitative estimate of drug-likeness (QED) is 0.287. The molecule has 1 aliphatic heterocycles. The number of likely N-dealkylation sites (N-methyl/N-ethyl adjacent to an activating group) is 1. The Bertz CT molecular complexity index is 1780. The van der Waals surface area contributed by atoms with Crippen molar-refractivity contribution in [3.8, 4) is 22.3 Å².